The standard InChI is InChI=1S/C20H13ClN2O4/c21-13-4-6-14(7-5-13)22-18(24)12-3-8-16-17(10-12)20(26)23(19(16)25)11-15-2-1-9-27-15/h1-10H,11H2,(H,22,24). The van der Waals surface area contributed by atoms with Crippen molar-refractivity contribution in [2.75, 3.05) is 5.32 Å². The Morgan fingerprint density at radius 1 is 1.00 bits per heavy atom. The molecular formula is C20H13ClN2O4. The van der Waals surface area contributed by atoms with Gasteiger partial charge in [0.1, 0.15) is 5.76 Å². The van der Waals surface area contributed by atoms with Crippen LogP contribution in [0.15, 0.2) is 65.3 Å². The number of halogens is 1. The summed E-state index contributed by atoms with van der Waals surface area (Å²) in [6, 6.07) is 14.5. The first-order valence-electron chi connectivity index (χ1n) is 8.12. The van der Waals surface area contributed by atoms with Gasteiger partial charge < -0.3 is 9.73 Å². The van der Waals surface area contributed by atoms with Gasteiger partial charge in [-0.05, 0) is 54.6 Å². The van der Waals surface area contributed by atoms with E-state index >= 15 is 0 Å². The van der Waals surface area contributed by atoms with Crippen molar-refractivity contribution in [2.24, 2.45) is 0 Å². The van der Waals surface area contributed by atoms with Crippen LogP contribution in [0.4, 0.5) is 5.69 Å². The van der Waals surface area contributed by atoms with Gasteiger partial charge in [-0.3, -0.25) is 19.3 Å². The zero-order chi connectivity index (χ0) is 19.0. The Labute approximate surface area is 159 Å². The van der Waals surface area contributed by atoms with Crippen LogP contribution in [0, 0.1) is 0 Å². The molecule has 27 heavy (non-hydrogen) atoms. The van der Waals surface area contributed by atoms with Crippen molar-refractivity contribution in [1.29, 1.82) is 0 Å². The molecule has 4 rings (SSSR count). The van der Waals surface area contributed by atoms with E-state index in [-0.39, 0.29) is 29.1 Å². The molecular weight excluding hydrogens is 368 g/mol. The molecule has 0 atom stereocenters. The molecule has 0 spiro atoms. The van der Waals surface area contributed by atoms with Crippen LogP contribution in [0.5, 0.6) is 0 Å². The zero-order valence-electron chi connectivity index (χ0n) is 13.9. The first-order chi connectivity index (χ1) is 13.0. The van der Waals surface area contributed by atoms with Gasteiger partial charge in [0.2, 0.25) is 0 Å². The summed E-state index contributed by atoms with van der Waals surface area (Å²) < 4.78 is 5.21. The summed E-state index contributed by atoms with van der Waals surface area (Å²) in [6.07, 6.45) is 1.48. The van der Waals surface area contributed by atoms with Crippen molar-refractivity contribution < 1.29 is 18.8 Å². The van der Waals surface area contributed by atoms with Crippen LogP contribution in [-0.4, -0.2) is 22.6 Å². The number of rotatable bonds is 4. The Morgan fingerprint density at radius 3 is 2.44 bits per heavy atom. The number of hydrogen-bond acceptors (Lipinski definition) is 4. The molecule has 3 aromatic rings. The second-order valence-corrected chi connectivity index (χ2v) is 6.43. The van der Waals surface area contributed by atoms with Crippen LogP contribution in [-0.2, 0) is 6.54 Å². The number of carbonyl (C=O) groups is 3. The fourth-order valence-corrected chi connectivity index (χ4v) is 3.00. The molecule has 1 aromatic heterocycles. The molecule has 134 valence electrons. The van der Waals surface area contributed by atoms with Crippen LogP contribution < -0.4 is 5.32 Å². The average Bonchev–Trinajstić information content (AvgIpc) is 3.26. The van der Waals surface area contributed by atoms with Crippen LogP contribution in [0.3, 0.4) is 0 Å². The highest BCUT2D eigenvalue weighted by atomic mass is 35.5. The highest BCUT2D eigenvalue weighted by Gasteiger charge is 2.36. The number of nitrogens with one attached hydrogen (secondary N) is 1. The van der Waals surface area contributed by atoms with Crippen molar-refractivity contribution in [2.45, 2.75) is 6.54 Å². The van der Waals surface area contributed by atoms with E-state index in [0.29, 0.717) is 16.5 Å². The van der Waals surface area contributed by atoms with Gasteiger partial charge in [-0.2, -0.15) is 0 Å². The van der Waals surface area contributed by atoms with E-state index in [9.17, 15) is 14.4 Å². The molecule has 0 radical (unpaired) electrons. The SMILES string of the molecule is O=C(Nc1ccc(Cl)cc1)c1ccc2c(c1)C(=O)N(Cc1ccco1)C2=O. The number of amides is 3. The minimum Gasteiger partial charge on any atom is -0.467 e. The first-order valence-corrected chi connectivity index (χ1v) is 8.50. The third kappa shape index (κ3) is 3.22. The van der Waals surface area contributed by atoms with Gasteiger partial charge in [0.15, 0.2) is 0 Å². The summed E-state index contributed by atoms with van der Waals surface area (Å²) in [5.74, 6) is -0.737. The summed E-state index contributed by atoms with van der Waals surface area (Å²) in [5, 5.41) is 3.29. The molecule has 7 heteroatoms. The molecule has 3 amide bonds. The second kappa shape index (κ2) is 6.74. The smallest absolute Gasteiger partial charge is 0.261 e. The van der Waals surface area contributed by atoms with E-state index in [1.807, 2.05) is 0 Å². The summed E-state index contributed by atoms with van der Waals surface area (Å²) in [7, 11) is 0. The summed E-state index contributed by atoms with van der Waals surface area (Å²) >= 11 is 5.83. The van der Waals surface area contributed by atoms with Gasteiger partial charge in [0.05, 0.1) is 23.9 Å². The highest BCUT2D eigenvalue weighted by molar-refractivity contribution is 6.30. The highest BCUT2D eigenvalue weighted by Crippen LogP contribution is 2.26. The van der Waals surface area contributed by atoms with Crippen molar-refractivity contribution in [3.05, 3.63) is 88.3 Å². The maximum absolute atomic E-state index is 12.6. The summed E-state index contributed by atoms with van der Waals surface area (Å²) in [6.45, 7) is 0.0473. The lowest BCUT2D eigenvalue weighted by Crippen LogP contribution is -2.28. The molecule has 1 aliphatic rings. The molecule has 0 fully saturated rings. The third-order valence-corrected chi connectivity index (χ3v) is 4.48. The number of fused-ring (bicyclic) bond motifs is 1. The topological polar surface area (TPSA) is 79.6 Å². The maximum Gasteiger partial charge on any atom is 0.261 e. The molecule has 1 aliphatic heterocycles. The van der Waals surface area contributed by atoms with Crippen molar-refractivity contribution >= 4 is 35.0 Å². The maximum atomic E-state index is 12.6. The number of hydrogen-bond donors (Lipinski definition) is 1. The largest absolute Gasteiger partial charge is 0.467 e. The van der Waals surface area contributed by atoms with Gasteiger partial charge in [-0.25, -0.2) is 0 Å². The molecule has 0 saturated heterocycles. The lowest BCUT2D eigenvalue weighted by molar-refractivity contribution is 0.0631. The summed E-state index contributed by atoms with van der Waals surface area (Å²) in [5.41, 5.74) is 1.33. The second-order valence-electron chi connectivity index (χ2n) is 6.00. The lowest BCUT2D eigenvalue weighted by Gasteiger charge is -2.11. The molecule has 6 nitrogen and oxygen atoms in total. The van der Waals surface area contributed by atoms with E-state index < -0.39 is 11.8 Å². The van der Waals surface area contributed by atoms with Crippen LogP contribution >= 0.6 is 11.6 Å². The van der Waals surface area contributed by atoms with Gasteiger partial charge in [0.25, 0.3) is 17.7 Å². The van der Waals surface area contributed by atoms with Gasteiger partial charge in [-0.1, -0.05) is 11.6 Å². The van der Waals surface area contributed by atoms with Gasteiger partial charge in [-0.15, -0.1) is 0 Å². The van der Waals surface area contributed by atoms with E-state index in [1.165, 1.54) is 24.5 Å². The van der Waals surface area contributed by atoms with E-state index in [2.05, 4.69) is 5.32 Å². The molecule has 0 saturated carbocycles. The Morgan fingerprint density at radius 2 is 1.74 bits per heavy atom. The zero-order valence-corrected chi connectivity index (χ0v) is 14.7. The molecule has 1 N–H and O–H groups in total. The van der Waals surface area contributed by atoms with Crippen LogP contribution in [0.2, 0.25) is 5.02 Å². The monoisotopic (exact) mass is 380 g/mol. The third-order valence-electron chi connectivity index (χ3n) is 4.23. The summed E-state index contributed by atoms with van der Waals surface area (Å²) in [4.78, 5) is 38.7. The van der Waals surface area contributed by atoms with E-state index in [1.54, 1.807) is 36.4 Å². The predicted molar refractivity (Wildman–Crippen MR) is 98.8 cm³/mol. The van der Waals surface area contributed by atoms with Gasteiger partial charge >= 0.3 is 0 Å². The molecule has 0 aliphatic carbocycles. The molecule has 2 aromatic carbocycles. The number of anilines is 1. The Balaban J connectivity index is 1.57. The van der Waals surface area contributed by atoms with Crippen molar-refractivity contribution in [3.8, 4) is 0 Å². The minimum absolute atomic E-state index is 0.0473. The minimum atomic E-state index is -0.451. The van der Waals surface area contributed by atoms with Gasteiger partial charge in [0, 0.05) is 16.3 Å². The van der Waals surface area contributed by atoms with Crippen molar-refractivity contribution in [3.63, 3.8) is 0 Å². The number of furan rings is 1. The fourth-order valence-electron chi connectivity index (χ4n) is 2.87. The number of imide groups is 1. The Kier molecular flexibility index (Phi) is 4.25. The predicted octanol–water partition coefficient (Wildman–Crippen LogP) is 3.98. The molecule has 0 bridgehead atoms. The van der Waals surface area contributed by atoms with Crippen LogP contribution in [0.1, 0.15) is 36.8 Å². The number of carbonyl (C=O) groups excluding carboxylic acids is 3. The number of benzene rings is 2. The molecule has 0 unspecified atom stereocenters. The fraction of sp³-hybridized carbons (Fsp3) is 0.0500. The quantitative estimate of drug-likeness (QED) is 0.694. The Bertz CT molecular complexity index is 1040. The van der Waals surface area contributed by atoms with E-state index in [4.69, 9.17) is 16.0 Å². The number of nitrogens with zero attached hydrogens (tertiary/aromatic N) is 1. The first kappa shape index (κ1) is 17.1. The average molecular weight is 381 g/mol. The molecule has 2 heterocycles. The Hall–Kier alpha value is -3.38. The lowest BCUT2D eigenvalue weighted by atomic mass is 10.1. The van der Waals surface area contributed by atoms with Crippen LogP contribution in [0.25, 0.3) is 0 Å². The normalized spacial score (nSPS) is 13.0. The van der Waals surface area contributed by atoms with E-state index in [0.717, 1.165) is 4.90 Å². The van der Waals surface area contributed by atoms with Crippen molar-refractivity contribution in [1.82, 2.24) is 4.90 Å².